The third-order valence-electron chi connectivity index (χ3n) is 1.97. The highest BCUT2D eigenvalue weighted by Crippen LogP contribution is 2.30. The second-order valence-electron chi connectivity index (χ2n) is 2.90. The van der Waals surface area contributed by atoms with Crippen LogP contribution in [0.1, 0.15) is 10.6 Å². The van der Waals surface area contributed by atoms with Crippen molar-refractivity contribution in [1.29, 1.82) is 0 Å². The lowest BCUT2D eigenvalue weighted by Gasteiger charge is -1.95. The van der Waals surface area contributed by atoms with Crippen molar-refractivity contribution in [1.82, 2.24) is 0 Å². The van der Waals surface area contributed by atoms with E-state index in [1.807, 2.05) is 0 Å². The minimum atomic E-state index is -0.719. The van der Waals surface area contributed by atoms with E-state index < -0.39 is 5.78 Å². The molecule has 0 bridgehead atoms. The van der Waals surface area contributed by atoms with Gasteiger partial charge in [-0.2, -0.15) is 0 Å². The van der Waals surface area contributed by atoms with Crippen molar-refractivity contribution < 1.29 is 14.0 Å². The Bertz CT molecular complexity index is 557. The zero-order valence-electron chi connectivity index (χ0n) is 7.29. The van der Waals surface area contributed by atoms with Crippen LogP contribution < -0.4 is 0 Å². The van der Waals surface area contributed by atoms with E-state index in [0.717, 1.165) is 0 Å². The Kier molecular flexibility index (Phi) is 2.50. The van der Waals surface area contributed by atoms with Crippen molar-refractivity contribution in [3.63, 3.8) is 0 Å². The summed E-state index contributed by atoms with van der Waals surface area (Å²) < 4.78 is 4.98. The molecule has 1 aromatic heterocycles. The Morgan fingerprint density at radius 3 is 2.60 bits per heavy atom. The lowest BCUT2D eigenvalue weighted by atomic mass is 10.1. The van der Waals surface area contributed by atoms with Crippen molar-refractivity contribution in [2.45, 2.75) is 0 Å². The van der Waals surface area contributed by atoms with Gasteiger partial charge in [0.1, 0.15) is 0 Å². The van der Waals surface area contributed by atoms with Crippen LogP contribution in [0.25, 0.3) is 10.8 Å². The van der Waals surface area contributed by atoms with E-state index in [-0.39, 0.29) is 12.0 Å². The van der Waals surface area contributed by atoms with Gasteiger partial charge in [0.2, 0.25) is 0 Å². The Morgan fingerprint density at radius 2 is 1.93 bits per heavy atom. The predicted molar refractivity (Wildman–Crippen MR) is 56.6 cm³/mol. The first-order valence-corrected chi connectivity index (χ1v) is 4.75. The van der Waals surface area contributed by atoms with Crippen molar-refractivity contribution in [2.75, 3.05) is 0 Å². The van der Waals surface area contributed by atoms with E-state index in [9.17, 15) is 9.59 Å². The van der Waals surface area contributed by atoms with Crippen molar-refractivity contribution in [2.24, 2.45) is 0 Å². The standard InChI is InChI=1S/C10H4Cl2O3/c11-7-1-5-4-15-10(9(14)3-13)6(5)2-8(7)12/h1-4H. The fourth-order valence-electron chi connectivity index (χ4n) is 1.29. The highest BCUT2D eigenvalue weighted by molar-refractivity contribution is 6.43. The summed E-state index contributed by atoms with van der Waals surface area (Å²) >= 11 is 11.6. The van der Waals surface area contributed by atoms with E-state index >= 15 is 0 Å². The molecule has 2 aromatic rings. The van der Waals surface area contributed by atoms with Crippen LogP contribution in [0.5, 0.6) is 0 Å². The molecule has 0 fully saturated rings. The second kappa shape index (κ2) is 3.68. The van der Waals surface area contributed by atoms with Crippen LogP contribution in [0.3, 0.4) is 0 Å². The normalized spacial score (nSPS) is 10.5. The number of carbonyl (C=O) groups is 2. The topological polar surface area (TPSA) is 47.3 Å². The highest BCUT2D eigenvalue weighted by atomic mass is 35.5. The molecule has 0 saturated heterocycles. The minimum absolute atomic E-state index is 0.0152. The van der Waals surface area contributed by atoms with Crippen molar-refractivity contribution in [3.05, 3.63) is 34.2 Å². The maximum atomic E-state index is 11.1. The number of carbonyl (C=O) groups excluding carboxylic acids is 2. The summed E-state index contributed by atoms with van der Waals surface area (Å²) in [7, 11) is 0. The molecule has 15 heavy (non-hydrogen) atoms. The van der Waals surface area contributed by atoms with E-state index in [2.05, 4.69) is 0 Å². The molecule has 5 heteroatoms. The first kappa shape index (κ1) is 10.2. The molecule has 0 N–H and O–H groups in total. The van der Waals surface area contributed by atoms with E-state index in [1.165, 1.54) is 12.3 Å². The largest absolute Gasteiger partial charge is 0.459 e. The first-order chi connectivity index (χ1) is 7.13. The van der Waals surface area contributed by atoms with Gasteiger partial charge in [-0.1, -0.05) is 23.2 Å². The van der Waals surface area contributed by atoms with Gasteiger partial charge in [-0.3, -0.25) is 9.59 Å². The molecule has 0 spiro atoms. The number of hydrogen-bond donors (Lipinski definition) is 0. The summed E-state index contributed by atoms with van der Waals surface area (Å²) in [6.45, 7) is 0. The molecule has 0 unspecified atom stereocenters. The average molecular weight is 243 g/mol. The quantitative estimate of drug-likeness (QED) is 0.462. The van der Waals surface area contributed by atoms with Gasteiger partial charge in [0.25, 0.3) is 5.78 Å². The first-order valence-electron chi connectivity index (χ1n) is 3.99. The van der Waals surface area contributed by atoms with Gasteiger partial charge < -0.3 is 4.42 Å². The molecular weight excluding hydrogens is 239 g/mol. The summed E-state index contributed by atoms with van der Waals surface area (Å²) in [5.41, 5.74) is 0. The Morgan fingerprint density at radius 1 is 1.27 bits per heavy atom. The molecule has 2 rings (SSSR count). The number of ketones is 1. The zero-order chi connectivity index (χ0) is 11.0. The van der Waals surface area contributed by atoms with Crippen LogP contribution in [0, 0.1) is 0 Å². The molecule has 0 aliphatic rings. The number of furan rings is 1. The van der Waals surface area contributed by atoms with E-state index in [4.69, 9.17) is 27.6 Å². The third-order valence-corrected chi connectivity index (χ3v) is 2.69. The number of halogens is 2. The van der Waals surface area contributed by atoms with Crippen LogP contribution in [-0.4, -0.2) is 12.1 Å². The third kappa shape index (κ3) is 1.64. The van der Waals surface area contributed by atoms with Crippen LogP contribution >= 0.6 is 23.2 Å². The number of fused-ring (bicyclic) bond motifs is 1. The molecule has 1 aromatic carbocycles. The fraction of sp³-hybridized carbons (Fsp3) is 0. The Labute approximate surface area is 94.6 Å². The fourth-order valence-corrected chi connectivity index (χ4v) is 1.62. The SMILES string of the molecule is O=CC(=O)c1occ2cc(Cl)c(Cl)cc12. The molecular formula is C10H4Cl2O3. The molecule has 0 saturated carbocycles. The summed E-state index contributed by atoms with van der Waals surface area (Å²) in [5.74, 6) is -0.734. The molecule has 0 radical (unpaired) electrons. The smallest absolute Gasteiger partial charge is 0.261 e. The summed E-state index contributed by atoms with van der Waals surface area (Å²) in [4.78, 5) is 21.5. The number of benzene rings is 1. The molecule has 0 aliphatic carbocycles. The Hall–Kier alpha value is -1.32. The van der Waals surface area contributed by atoms with E-state index in [0.29, 0.717) is 20.8 Å². The van der Waals surface area contributed by atoms with Gasteiger partial charge in [-0.15, -0.1) is 0 Å². The van der Waals surface area contributed by atoms with Crippen LogP contribution in [0.4, 0.5) is 0 Å². The molecule has 0 amide bonds. The summed E-state index contributed by atoms with van der Waals surface area (Å²) in [6.07, 6.45) is 1.55. The van der Waals surface area contributed by atoms with Gasteiger partial charge >= 0.3 is 0 Å². The van der Waals surface area contributed by atoms with E-state index in [1.54, 1.807) is 6.07 Å². The monoisotopic (exact) mass is 242 g/mol. The van der Waals surface area contributed by atoms with Gasteiger partial charge in [0, 0.05) is 10.8 Å². The molecule has 0 aliphatic heterocycles. The maximum absolute atomic E-state index is 11.1. The number of rotatable bonds is 2. The molecule has 1 heterocycles. The second-order valence-corrected chi connectivity index (χ2v) is 3.71. The number of aldehydes is 1. The molecule has 3 nitrogen and oxygen atoms in total. The van der Waals surface area contributed by atoms with Crippen LogP contribution in [0.2, 0.25) is 10.0 Å². The summed E-state index contributed by atoms with van der Waals surface area (Å²) in [5, 5.41) is 1.80. The molecule has 76 valence electrons. The number of hydrogen-bond acceptors (Lipinski definition) is 3. The van der Waals surface area contributed by atoms with Gasteiger partial charge in [0.15, 0.2) is 12.0 Å². The lowest BCUT2D eigenvalue weighted by molar-refractivity contribution is -0.104. The summed E-state index contributed by atoms with van der Waals surface area (Å²) in [6, 6.07) is 3.07. The zero-order valence-corrected chi connectivity index (χ0v) is 8.80. The Balaban J connectivity index is 2.74. The highest BCUT2D eigenvalue weighted by Gasteiger charge is 2.15. The van der Waals surface area contributed by atoms with Crippen molar-refractivity contribution >= 4 is 46.0 Å². The maximum Gasteiger partial charge on any atom is 0.261 e. The van der Waals surface area contributed by atoms with Crippen molar-refractivity contribution in [3.8, 4) is 0 Å². The molecule has 0 atom stereocenters. The van der Waals surface area contributed by atoms with Crippen LogP contribution in [0.15, 0.2) is 22.8 Å². The lowest BCUT2D eigenvalue weighted by Crippen LogP contribution is -1.97. The predicted octanol–water partition coefficient (Wildman–Crippen LogP) is 3.12. The van der Waals surface area contributed by atoms with Crippen LogP contribution in [-0.2, 0) is 4.79 Å². The average Bonchev–Trinajstić information content (AvgIpc) is 2.61. The van der Waals surface area contributed by atoms with Gasteiger partial charge in [-0.05, 0) is 12.1 Å². The van der Waals surface area contributed by atoms with Gasteiger partial charge in [-0.25, -0.2) is 0 Å². The number of Topliss-reactive ketones (excluding diaryl/α,β-unsaturated/α-hetero) is 1. The van der Waals surface area contributed by atoms with Gasteiger partial charge in [0.05, 0.1) is 16.3 Å². The minimum Gasteiger partial charge on any atom is -0.459 e.